The Hall–Kier alpha value is -0.390. The summed E-state index contributed by atoms with van der Waals surface area (Å²) in [6.07, 6.45) is 2.03. The molecule has 16 heavy (non-hydrogen) atoms. The third kappa shape index (κ3) is 4.23. The van der Waals surface area contributed by atoms with Crippen molar-refractivity contribution in [2.24, 2.45) is 0 Å². The van der Waals surface area contributed by atoms with E-state index in [-0.39, 0.29) is 4.83 Å². The van der Waals surface area contributed by atoms with Gasteiger partial charge in [-0.15, -0.1) is 0 Å². The summed E-state index contributed by atoms with van der Waals surface area (Å²) in [5.41, 5.74) is 1.09. The van der Waals surface area contributed by atoms with Crippen molar-refractivity contribution < 1.29 is 13.2 Å². The largest absolute Gasteiger partial charge is 0.384 e. The van der Waals surface area contributed by atoms with E-state index in [0.717, 1.165) is 12.0 Å². The molecule has 1 rings (SSSR count). The molecule has 0 N–H and O–H groups in total. The summed E-state index contributed by atoms with van der Waals surface area (Å²) in [4.78, 5) is 0.607. The van der Waals surface area contributed by atoms with Gasteiger partial charge in [-0.25, -0.2) is 8.42 Å². The average Bonchev–Trinajstić information content (AvgIpc) is 2.17. The van der Waals surface area contributed by atoms with Crippen molar-refractivity contribution in [3.8, 4) is 0 Å². The Kier molecular flexibility index (Phi) is 4.95. The molecule has 0 aliphatic carbocycles. The molecule has 0 aliphatic heterocycles. The summed E-state index contributed by atoms with van der Waals surface area (Å²) in [5, 5.41) is 0. The molecule has 1 unspecified atom stereocenters. The molecule has 3 nitrogen and oxygen atoms in total. The van der Waals surface area contributed by atoms with Crippen molar-refractivity contribution in [1.29, 1.82) is 0 Å². The predicted octanol–water partition coefficient (Wildman–Crippen LogP) is 2.04. The number of hydrogen-bond acceptors (Lipinski definition) is 3. The lowest BCUT2D eigenvalue weighted by Crippen LogP contribution is -2.10. The number of alkyl halides is 1. The zero-order chi connectivity index (χ0) is 12.2. The van der Waals surface area contributed by atoms with Crippen LogP contribution in [-0.4, -0.2) is 33.2 Å². The van der Waals surface area contributed by atoms with Crippen molar-refractivity contribution in [1.82, 2.24) is 0 Å². The molecule has 1 aromatic carbocycles. The van der Waals surface area contributed by atoms with Crippen molar-refractivity contribution in [2.45, 2.75) is 16.1 Å². The molecular formula is C11H15BrO3S. The molecule has 5 heteroatoms. The van der Waals surface area contributed by atoms with E-state index in [1.807, 2.05) is 12.1 Å². The van der Waals surface area contributed by atoms with E-state index < -0.39 is 9.84 Å². The zero-order valence-corrected chi connectivity index (χ0v) is 11.7. The molecule has 90 valence electrons. The Labute approximate surface area is 105 Å². The number of benzene rings is 1. The van der Waals surface area contributed by atoms with E-state index in [0.29, 0.717) is 11.5 Å². The van der Waals surface area contributed by atoms with E-state index >= 15 is 0 Å². The lowest BCUT2D eigenvalue weighted by Gasteiger charge is -2.08. The van der Waals surface area contributed by atoms with Gasteiger partial charge < -0.3 is 4.74 Å². The van der Waals surface area contributed by atoms with E-state index in [2.05, 4.69) is 15.9 Å². The minimum absolute atomic E-state index is 0.251. The Morgan fingerprint density at radius 3 is 2.31 bits per heavy atom. The lowest BCUT2D eigenvalue weighted by atomic mass is 10.1. The smallest absolute Gasteiger partial charge is 0.175 e. The maximum Gasteiger partial charge on any atom is 0.175 e. The van der Waals surface area contributed by atoms with Gasteiger partial charge in [-0.2, -0.15) is 0 Å². The van der Waals surface area contributed by atoms with Crippen LogP contribution < -0.4 is 0 Å². The molecule has 0 heterocycles. The first-order valence-corrected chi connectivity index (χ1v) is 7.66. The molecule has 0 fully saturated rings. The van der Waals surface area contributed by atoms with Crippen molar-refractivity contribution in [3.05, 3.63) is 29.8 Å². The Balaban J connectivity index is 2.72. The number of sulfone groups is 1. The van der Waals surface area contributed by atoms with Crippen LogP contribution in [0.3, 0.4) is 0 Å². The normalized spacial score (nSPS) is 13.7. The Morgan fingerprint density at radius 1 is 1.31 bits per heavy atom. The topological polar surface area (TPSA) is 43.4 Å². The van der Waals surface area contributed by atoms with Gasteiger partial charge in [0.05, 0.1) is 11.5 Å². The maximum absolute atomic E-state index is 11.2. The second kappa shape index (κ2) is 5.80. The molecule has 0 spiro atoms. The fourth-order valence-electron chi connectivity index (χ4n) is 1.37. The molecule has 0 bridgehead atoms. The van der Waals surface area contributed by atoms with Crippen LogP contribution in [0.15, 0.2) is 29.2 Å². The van der Waals surface area contributed by atoms with Crippen LogP contribution >= 0.6 is 15.9 Å². The number of methoxy groups -OCH3 is 1. The van der Waals surface area contributed by atoms with Gasteiger partial charge in [-0.05, 0) is 24.1 Å². The third-order valence-corrected chi connectivity index (χ3v) is 3.87. The predicted molar refractivity (Wildman–Crippen MR) is 67.8 cm³/mol. The highest BCUT2D eigenvalue weighted by atomic mass is 79.9. The van der Waals surface area contributed by atoms with Gasteiger partial charge >= 0.3 is 0 Å². The van der Waals surface area contributed by atoms with Crippen LogP contribution in [0.1, 0.15) is 5.56 Å². The number of halogens is 1. The minimum atomic E-state index is -3.09. The first kappa shape index (κ1) is 13.7. The van der Waals surface area contributed by atoms with Crippen LogP contribution in [0.2, 0.25) is 0 Å². The summed E-state index contributed by atoms with van der Waals surface area (Å²) >= 11 is 3.49. The molecular weight excluding hydrogens is 292 g/mol. The van der Waals surface area contributed by atoms with E-state index in [4.69, 9.17) is 4.74 Å². The van der Waals surface area contributed by atoms with Crippen LogP contribution in [0.25, 0.3) is 0 Å². The second-order valence-corrected chi connectivity index (χ2v) is 6.98. The number of hydrogen-bond donors (Lipinski definition) is 0. The fourth-order valence-corrected chi connectivity index (χ4v) is 2.64. The second-order valence-electron chi connectivity index (χ2n) is 3.67. The van der Waals surface area contributed by atoms with Gasteiger partial charge in [-0.3, -0.25) is 0 Å². The van der Waals surface area contributed by atoms with E-state index in [1.54, 1.807) is 19.2 Å². The number of ether oxygens (including phenoxy) is 1. The fraction of sp³-hybridized carbons (Fsp3) is 0.455. The van der Waals surface area contributed by atoms with Crippen molar-refractivity contribution in [3.63, 3.8) is 0 Å². The average molecular weight is 307 g/mol. The van der Waals surface area contributed by atoms with Crippen molar-refractivity contribution >= 4 is 25.8 Å². The monoisotopic (exact) mass is 306 g/mol. The summed E-state index contributed by atoms with van der Waals surface area (Å²) in [6.45, 7) is 0.633. The highest BCUT2D eigenvalue weighted by Crippen LogP contribution is 2.14. The SMILES string of the molecule is COCC(Br)Cc1ccc(S(C)(=O)=O)cc1. The van der Waals surface area contributed by atoms with E-state index in [1.165, 1.54) is 6.26 Å². The van der Waals surface area contributed by atoms with Gasteiger partial charge in [0, 0.05) is 18.2 Å². The summed E-state index contributed by atoms with van der Waals surface area (Å²) in [5.74, 6) is 0. The molecule has 1 aromatic rings. The van der Waals surface area contributed by atoms with Gasteiger partial charge in [0.1, 0.15) is 0 Å². The molecule has 1 atom stereocenters. The molecule has 0 radical (unpaired) electrons. The number of rotatable bonds is 5. The van der Waals surface area contributed by atoms with E-state index in [9.17, 15) is 8.42 Å². The van der Waals surface area contributed by atoms with Crippen LogP contribution in [0.5, 0.6) is 0 Å². The molecule has 0 saturated carbocycles. The minimum Gasteiger partial charge on any atom is -0.384 e. The van der Waals surface area contributed by atoms with Gasteiger partial charge in [0.25, 0.3) is 0 Å². The standard InChI is InChI=1S/C11H15BrO3S/c1-15-8-10(12)7-9-3-5-11(6-4-9)16(2,13)14/h3-6,10H,7-8H2,1-2H3. The first-order chi connectivity index (χ1) is 7.43. The maximum atomic E-state index is 11.2. The van der Waals surface area contributed by atoms with Crippen LogP contribution in [-0.2, 0) is 21.0 Å². The van der Waals surface area contributed by atoms with Crippen LogP contribution in [0, 0.1) is 0 Å². The quantitative estimate of drug-likeness (QED) is 0.782. The lowest BCUT2D eigenvalue weighted by molar-refractivity contribution is 0.200. The van der Waals surface area contributed by atoms with Crippen molar-refractivity contribution in [2.75, 3.05) is 20.0 Å². The highest BCUT2D eigenvalue weighted by Gasteiger charge is 2.08. The van der Waals surface area contributed by atoms with Gasteiger partial charge in [0.2, 0.25) is 0 Å². The highest BCUT2D eigenvalue weighted by molar-refractivity contribution is 9.09. The summed E-state index contributed by atoms with van der Waals surface area (Å²) < 4.78 is 27.5. The Morgan fingerprint density at radius 2 is 1.88 bits per heavy atom. The zero-order valence-electron chi connectivity index (χ0n) is 9.31. The summed E-state index contributed by atoms with van der Waals surface area (Å²) in [6, 6.07) is 6.94. The van der Waals surface area contributed by atoms with Gasteiger partial charge in [0.15, 0.2) is 9.84 Å². The summed E-state index contributed by atoms with van der Waals surface area (Å²) in [7, 11) is -1.44. The first-order valence-electron chi connectivity index (χ1n) is 4.85. The third-order valence-electron chi connectivity index (χ3n) is 2.16. The molecule has 0 aromatic heterocycles. The molecule has 0 amide bonds. The van der Waals surface area contributed by atoms with Gasteiger partial charge in [-0.1, -0.05) is 28.1 Å². The molecule has 0 aliphatic rings. The molecule has 0 saturated heterocycles. The van der Waals surface area contributed by atoms with Crippen LogP contribution in [0.4, 0.5) is 0 Å². The Bertz CT molecular complexity index is 425.